The Hall–Kier alpha value is -4.46. The van der Waals surface area contributed by atoms with Crippen LogP contribution in [0, 0.1) is 0 Å². The lowest BCUT2D eigenvalue weighted by Crippen LogP contribution is -2.11. The summed E-state index contributed by atoms with van der Waals surface area (Å²) in [5, 5.41) is 13.3. The number of methoxy groups -OCH3 is 3. The Balaban J connectivity index is 1.69. The molecule has 3 aromatic carbocycles. The molecule has 4 rings (SSSR count). The number of amides is 1. The number of carbonyl (C=O) groups is 1. The number of rotatable bonds is 6. The minimum Gasteiger partial charge on any atom is -0.504 e. The Morgan fingerprint density at radius 3 is 2.36 bits per heavy atom. The highest BCUT2D eigenvalue weighted by Crippen LogP contribution is 2.42. The van der Waals surface area contributed by atoms with Gasteiger partial charge in [0.2, 0.25) is 5.75 Å². The molecule has 8 nitrogen and oxygen atoms in total. The van der Waals surface area contributed by atoms with E-state index in [2.05, 4.69) is 5.32 Å². The van der Waals surface area contributed by atoms with Gasteiger partial charge in [-0.15, -0.1) is 0 Å². The van der Waals surface area contributed by atoms with Gasteiger partial charge in [0.1, 0.15) is 22.5 Å². The molecule has 0 spiro atoms. The highest BCUT2D eigenvalue weighted by atomic mass is 16.5. The number of ether oxygens (including phenoxy) is 3. The quantitative estimate of drug-likeness (QED) is 0.450. The molecule has 8 heteroatoms. The summed E-state index contributed by atoms with van der Waals surface area (Å²) in [6.07, 6.45) is 0. The second-order valence-corrected chi connectivity index (χ2v) is 7.07. The van der Waals surface area contributed by atoms with Crippen molar-refractivity contribution in [2.75, 3.05) is 26.6 Å². The summed E-state index contributed by atoms with van der Waals surface area (Å²) in [5.41, 5.74) is 1.25. The molecule has 2 N–H and O–H groups in total. The van der Waals surface area contributed by atoms with Crippen LogP contribution in [0.4, 0.5) is 5.69 Å². The first kappa shape index (κ1) is 21.8. The van der Waals surface area contributed by atoms with Gasteiger partial charge in [-0.2, -0.15) is 0 Å². The number of phenolic OH excluding ortho intramolecular Hbond substituents is 1. The molecule has 0 saturated heterocycles. The zero-order chi connectivity index (χ0) is 23.5. The Labute approximate surface area is 188 Å². The van der Waals surface area contributed by atoms with Crippen molar-refractivity contribution in [3.05, 3.63) is 76.5 Å². The summed E-state index contributed by atoms with van der Waals surface area (Å²) in [7, 11) is 4.34. The van der Waals surface area contributed by atoms with E-state index in [4.69, 9.17) is 18.6 Å². The molecular formula is C25H21NO7. The van der Waals surface area contributed by atoms with Crippen LogP contribution < -0.4 is 25.0 Å². The van der Waals surface area contributed by atoms with E-state index in [1.165, 1.54) is 26.4 Å². The minimum absolute atomic E-state index is 0.0136. The van der Waals surface area contributed by atoms with E-state index in [9.17, 15) is 14.7 Å². The summed E-state index contributed by atoms with van der Waals surface area (Å²) >= 11 is 0. The zero-order valence-electron chi connectivity index (χ0n) is 18.2. The SMILES string of the molecule is COc1ccc(C(=O)Nc2cccc(-c3cc(=O)c4c(O)c(OC)c(OC)cc4o3)c2)cc1. The first-order valence-corrected chi connectivity index (χ1v) is 9.92. The average Bonchev–Trinajstić information content (AvgIpc) is 2.83. The minimum atomic E-state index is -0.447. The number of aromatic hydroxyl groups is 1. The monoisotopic (exact) mass is 447 g/mol. The van der Waals surface area contributed by atoms with Crippen LogP contribution in [-0.4, -0.2) is 32.3 Å². The van der Waals surface area contributed by atoms with Gasteiger partial charge in [-0.05, 0) is 36.4 Å². The third kappa shape index (κ3) is 4.18. The Bertz CT molecular complexity index is 1390. The normalized spacial score (nSPS) is 10.6. The fourth-order valence-corrected chi connectivity index (χ4v) is 3.45. The maximum Gasteiger partial charge on any atom is 0.255 e. The molecule has 0 atom stereocenters. The highest BCUT2D eigenvalue weighted by Gasteiger charge is 2.19. The summed E-state index contributed by atoms with van der Waals surface area (Å²) in [5.74, 6) is 0.542. The van der Waals surface area contributed by atoms with Crippen molar-refractivity contribution in [3.63, 3.8) is 0 Å². The number of anilines is 1. The van der Waals surface area contributed by atoms with Gasteiger partial charge in [-0.1, -0.05) is 12.1 Å². The van der Waals surface area contributed by atoms with Crippen molar-refractivity contribution in [3.8, 4) is 34.3 Å². The number of carbonyl (C=O) groups excluding carboxylic acids is 1. The van der Waals surface area contributed by atoms with E-state index in [0.29, 0.717) is 22.6 Å². The maximum absolute atomic E-state index is 12.8. The van der Waals surface area contributed by atoms with Crippen molar-refractivity contribution in [1.29, 1.82) is 0 Å². The predicted octanol–water partition coefficient (Wildman–Crippen LogP) is 4.44. The molecule has 0 unspecified atom stereocenters. The molecule has 0 fully saturated rings. The maximum atomic E-state index is 12.8. The average molecular weight is 447 g/mol. The lowest BCUT2D eigenvalue weighted by molar-refractivity contribution is 0.102. The molecular weight excluding hydrogens is 426 g/mol. The van der Waals surface area contributed by atoms with E-state index in [1.54, 1.807) is 55.6 Å². The van der Waals surface area contributed by atoms with Gasteiger partial charge < -0.3 is 29.1 Å². The molecule has 0 aliphatic carbocycles. The van der Waals surface area contributed by atoms with E-state index in [1.807, 2.05) is 0 Å². The van der Waals surface area contributed by atoms with Crippen LogP contribution in [0.15, 0.2) is 69.9 Å². The number of fused-ring (bicyclic) bond motifs is 1. The smallest absolute Gasteiger partial charge is 0.255 e. The number of phenols is 1. The molecule has 0 aliphatic rings. The summed E-state index contributed by atoms with van der Waals surface area (Å²) < 4.78 is 21.4. The first-order chi connectivity index (χ1) is 15.9. The van der Waals surface area contributed by atoms with Crippen LogP contribution in [0.3, 0.4) is 0 Å². The van der Waals surface area contributed by atoms with Crippen LogP contribution in [-0.2, 0) is 0 Å². The standard InChI is InChI=1S/C25H21NO7/c1-30-17-9-7-14(8-10-17)25(29)26-16-6-4-5-15(11-16)19-12-18(27)22-20(33-19)13-21(31-2)24(32-3)23(22)28/h4-13,28H,1-3H3,(H,26,29). The van der Waals surface area contributed by atoms with Gasteiger partial charge in [0, 0.05) is 28.9 Å². The van der Waals surface area contributed by atoms with Crippen LogP contribution in [0.25, 0.3) is 22.3 Å². The summed E-state index contributed by atoms with van der Waals surface area (Å²) in [6.45, 7) is 0. The topological polar surface area (TPSA) is 107 Å². The Morgan fingerprint density at radius 1 is 0.939 bits per heavy atom. The van der Waals surface area contributed by atoms with Crippen LogP contribution in [0.1, 0.15) is 10.4 Å². The molecule has 168 valence electrons. The number of benzene rings is 3. The molecule has 0 saturated carbocycles. The third-order valence-electron chi connectivity index (χ3n) is 5.09. The van der Waals surface area contributed by atoms with Crippen molar-refractivity contribution < 1.29 is 28.5 Å². The van der Waals surface area contributed by atoms with Crippen LogP contribution in [0.5, 0.6) is 23.0 Å². The van der Waals surface area contributed by atoms with Gasteiger partial charge in [-0.25, -0.2) is 0 Å². The molecule has 4 aromatic rings. The molecule has 1 heterocycles. The van der Waals surface area contributed by atoms with Crippen LogP contribution >= 0.6 is 0 Å². The van der Waals surface area contributed by atoms with Crippen molar-refractivity contribution in [2.45, 2.75) is 0 Å². The van der Waals surface area contributed by atoms with Gasteiger partial charge in [0.25, 0.3) is 5.91 Å². The van der Waals surface area contributed by atoms with Crippen molar-refractivity contribution in [1.82, 2.24) is 0 Å². The lowest BCUT2D eigenvalue weighted by Gasteiger charge is -2.12. The largest absolute Gasteiger partial charge is 0.504 e. The van der Waals surface area contributed by atoms with E-state index in [0.717, 1.165) is 0 Å². The van der Waals surface area contributed by atoms with E-state index < -0.39 is 5.43 Å². The lowest BCUT2D eigenvalue weighted by atomic mass is 10.1. The second kappa shape index (κ2) is 8.96. The van der Waals surface area contributed by atoms with Gasteiger partial charge in [-0.3, -0.25) is 9.59 Å². The number of hydrogen-bond acceptors (Lipinski definition) is 7. The van der Waals surface area contributed by atoms with Crippen LogP contribution in [0.2, 0.25) is 0 Å². The summed E-state index contributed by atoms with van der Waals surface area (Å²) in [4.78, 5) is 25.3. The highest BCUT2D eigenvalue weighted by molar-refractivity contribution is 6.04. The third-order valence-corrected chi connectivity index (χ3v) is 5.09. The van der Waals surface area contributed by atoms with Crippen molar-refractivity contribution >= 4 is 22.6 Å². The van der Waals surface area contributed by atoms with Gasteiger partial charge in [0.15, 0.2) is 16.9 Å². The molecule has 0 aliphatic heterocycles. The van der Waals surface area contributed by atoms with E-state index >= 15 is 0 Å². The predicted molar refractivity (Wildman–Crippen MR) is 124 cm³/mol. The Morgan fingerprint density at radius 2 is 1.70 bits per heavy atom. The molecule has 0 bridgehead atoms. The Kier molecular flexibility index (Phi) is 5.91. The second-order valence-electron chi connectivity index (χ2n) is 7.07. The number of hydrogen-bond donors (Lipinski definition) is 2. The fraction of sp³-hybridized carbons (Fsp3) is 0.120. The molecule has 1 aromatic heterocycles. The van der Waals surface area contributed by atoms with Crippen molar-refractivity contribution in [2.24, 2.45) is 0 Å². The van der Waals surface area contributed by atoms with E-state index in [-0.39, 0.29) is 39.9 Å². The zero-order valence-corrected chi connectivity index (χ0v) is 18.2. The molecule has 33 heavy (non-hydrogen) atoms. The first-order valence-electron chi connectivity index (χ1n) is 9.92. The number of nitrogens with one attached hydrogen (secondary N) is 1. The summed E-state index contributed by atoms with van der Waals surface area (Å²) in [6, 6.07) is 16.4. The fourth-order valence-electron chi connectivity index (χ4n) is 3.45. The molecule has 1 amide bonds. The van der Waals surface area contributed by atoms with Gasteiger partial charge in [0.05, 0.1) is 21.3 Å². The molecule has 0 radical (unpaired) electrons. The van der Waals surface area contributed by atoms with Gasteiger partial charge >= 0.3 is 0 Å².